The summed E-state index contributed by atoms with van der Waals surface area (Å²) in [6.07, 6.45) is -3.71. The molecule has 0 aromatic heterocycles. The topological polar surface area (TPSA) is 74.9 Å². The number of alkyl halides is 4. The molecule has 1 saturated heterocycles. The summed E-state index contributed by atoms with van der Waals surface area (Å²) in [7, 11) is 1.33. The van der Waals surface area contributed by atoms with Crippen LogP contribution in [0, 0.1) is 11.3 Å². The number of benzene rings is 2. The zero-order valence-electron chi connectivity index (χ0n) is 17.7. The lowest BCUT2D eigenvalue weighted by Gasteiger charge is -2.16. The molecule has 2 heterocycles. The maximum atomic E-state index is 13.5. The number of likely N-dealkylation sites (tertiary alicyclic amines) is 1. The van der Waals surface area contributed by atoms with Gasteiger partial charge in [-0.15, -0.1) is 0 Å². The van der Waals surface area contributed by atoms with Crippen LogP contribution >= 0.6 is 11.8 Å². The first-order chi connectivity index (χ1) is 16.2. The molecule has 0 bridgehead atoms. The molecule has 2 aromatic rings. The number of ether oxygens (including phenoxy) is 2. The van der Waals surface area contributed by atoms with Gasteiger partial charge in [0.05, 0.1) is 35.8 Å². The number of amidine groups is 1. The highest BCUT2D eigenvalue weighted by molar-refractivity contribution is 8.18. The van der Waals surface area contributed by atoms with E-state index in [0.29, 0.717) is 34.7 Å². The third kappa shape index (κ3) is 5.02. The Labute approximate surface area is 196 Å². The SMILES string of the molecule is COc1cc(C=C2SC(N3CCC(F)C3)=NC2=O)ccc1Oc1ccc(C#N)cc1C(F)(F)F. The van der Waals surface area contributed by atoms with Crippen LogP contribution in [0.15, 0.2) is 46.3 Å². The van der Waals surface area contributed by atoms with Gasteiger partial charge in [0.15, 0.2) is 16.7 Å². The Balaban J connectivity index is 1.57. The molecular weight excluding hydrogens is 474 g/mol. The summed E-state index contributed by atoms with van der Waals surface area (Å²) in [6.45, 7) is 0.685. The maximum Gasteiger partial charge on any atom is 0.420 e. The van der Waals surface area contributed by atoms with E-state index >= 15 is 0 Å². The number of aliphatic imine (C=N–C) groups is 1. The number of hydrogen-bond donors (Lipinski definition) is 0. The van der Waals surface area contributed by atoms with Crippen LogP contribution in [0.5, 0.6) is 17.2 Å². The van der Waals surface area contributed by atoms with E-state index in [2.05, 4.69) is 4.99 Å². The van der Waals surface area contributed by atoms with Crippen LogP contribution in [0.1, 0.15) is 23.1 Å². The molecule has 4 rings (SSSR count). The van der Waals surface area contributed by atoms with Crippen molar-refractivity contribution in [3.8, 4) is 23.3 Å². The fourth-order valence-electron chi connectivity index (χ4n) is 3.46. The van der Waals surface area contributed by atoms with Gasteiger partial charge < -0.3 is 14.4 Å². The number of nitriles is 1. The van der Waals surface area contributed by atoms with Crippen LogP contribution < -0.4 is 9.47 Å². The van der Waals surface area contributed by atoms with Gasteiger partial charge in [0, 0.05) is 6.54 Å². The Hall–Kier alpha value is -3.52. The van der Waals surface area contributed by atoms with Crippen LogP contribution in [0.25, 0.3) is 6.08 Å². The number of thioether (sulfide) groups is 1. The Morgan fingerprint density at radius 3 is 2.62 bits per heavy atom. The molecular formula is C23H17F4N3O3S. The number of rotatable bonds is 4. The number of carbonyl (C=O) groups is 1. The highest BCUT2D eigenvalue weighted by atomic mass is 32.2. The second-order valence-electron chi connectivity index (χ2n) is 7.48. The molecule has 34 heavy (non-hydrogen) atoms. The van der Waals surface area contributed by atoms with E-state index in [1.165, 1.54) is 25.3 Å². The van der Waals surface area contributed by atoms with Crippen molar-refractivity contribution in [2.45, 2.75) is 18.8 Å². The van der Waals surface area contributed by atoms with Gasteiger partial charge in [0.2, 0.25) is 0 Å². The average Bonchev–Trinajstić information content (AvgIpc) is 3.39. The normalized spacial score (nSPS) is 19.4. The van der Waals surface area contributed by atoms with Gasteiger partial charge >= 0.3 is 6.18 Å². The van der Waals surface area contributed by atoms with Crippen molar-refractivity contribution in [3.05, 3.63) is 58.0 Å². The molecule has 2 aliphatic heterocycles. The fraction of sp³-hybridized carbons (Fsp3) is 0.261. The molecule has 2 aliphatic rings. The summed E-state index contributed by atoms with van der Waals surface area (Å²) in [5.41, 5.74) is -0.697. The largest absolute Gasteiger partial charge is 0.493 e. The van der Waals surface area contributed by atoms with E-state index in [1.54, 1.807) is 23.1 Å². The zero-order valence-corrected chi connectivity index (χ0v) is 18.5. The van der Waals surface area contributed by atoms with Gasteiger partial charge in [-0.2, -0.15) is 23.4 Å². The highest BCUT2D eigenvalue weighted by Crippen LogP contribution is 2.41. The molecule has 1 unspecified atom stereocenters. The molecule has 0 radical (unpaired) electrons. The van der Waals surface area contributed by atoms with Crippen molar-refractivity contribution < 1.29 is 31.8 Å². The van der Waals surface area contributed by atoms with E-state index in [4.69, 9.17) is 14.7 Å². The van der Waals surface area contributed by atoms with Gasteiger partial charge in [0.1, 0.15) is 11.9 Å². The molecule has 0 saturated carbocycles. The number of amides is 1. The van der Waals surface area contributed by atoms with Gasteiger partial charge in [0.25, 0.3) is 5.91 Å². The smallest absolute Gasteiger partial charge is 0.420 e. The van der Waals surface area contributed by atoms with Crippen molar-refractivity contribution in [2.75, 3.05) is 20.2 Å². The Kier molecular flexibility index (Phi) is 6.52. The Morgan fingerprint density at radius 1 is 1.21 bits per heavy atom. The molecule has 6 nitrogen and oxygen atoms in total. The van der Waals surface area contributed by atoms with Crippen LogP contribution in [0.4, 0.5) is 17.6 Å². The van der Waals surface area contributed by atoms with Crippen molar-refractivity contribution >= 4 is 28.9 Å². The summed E-state index contributed by atoms with van der Waals surface area (Å²) in [5.74, 6) is -0.766. The van der Waals surface area contributed by atoms with E-state index in [9.17, 15) is 22.4 Å². The third-order valence-electron chi connectivity index (χ3n) is 5.13. The van der Waals surface area contributed by atoms with Crippen molar-refractivity contribution in [1.29, 1.82) is 5.26 Å². The third-order valence-corrected chi connectivity index (χ3v) is 6.17. The number of carbonyl (C=O) groups excluding carboxylic acids is 1. The lowest BCUT2D eigenvalue weighted by molar-refractivity contribution is -0.138. The molecule has 11 heteroatoms. The van der Waals surface area contributed by atoms with Crippen LogP contribution in [-0.2, 0) is 11.0 Å². The average molecular weight is 491 g/mol. The molecule has 1 amide bonds. The Morgan fingerprint density at radius 2 is 1.97 bits per heavy atom. The van der Waals surface area contributed by atoms with Crippen LogP contribution in [0.2, 0.25) is 0 Å². The summed E-state index contributed by atoms with van der Waals surface area (Å²) in [6, 6.07) is 9.18. The second kappa shape index (κ2) is 9.38. The predicted octanol–water partition coefficient (Wildman–Crippen LogP) is 5.39. The number of halogens is 4. The minimum atomic E-state index is -4.73. The first kappa shape index (κ1) is 23.6. The monoisotopic (exact) mass is 491 g/mol. The predicted molar refractivity (Wildman–Crippen MR) is 118 cm³/mol. The number of nitrogens with zero attached hydrogens (tertiary/aromatic N) is 3. The number of hydrogen-bond acceptors (Lipinski definition) is 6. The van der Waals surface area contributed by atoms with Crippen LogP contribution in [-0.4, -0.2) is 42.3 Å². The van der Waals surface area contributed by atoms with E-state index in [1.807, 2.05) is 0 Å². The summed E-state index contributed by atoms with van der Waals surface area (Å²) in [5, 5.41) is 9.36. The lowest BCUT2D eigenvalue weighted by atomic mass is 10.1. The van der Waals surface area contributed by atoms with E-state index in [-0.39, 0.29) is 23.6 Å². The van der Waals surface area contributed by atoms with Crippen molar-refractivity contribution in [3.63, 3.8) is 0 Å². The summed E-state index contributed by atoms with van der Waals surface area (Å²) < 4.78 is 64.6. The quantitative estimate of drug-likeness (QED) is 0.422. The zero-order chi connectivity index (χ0) is 24.5. The molecule has 2 aromatic carbocycles. The van der Waals surface area contributed by atoms with Gasteiger partial charge in [-0.3, -0.25) is 4.79 Å². The van der Waals surface area contributed by atoms with Gasteiger partial charge in [-0.25, -0.2) is 4.39 Å². The maximum absolute atomic E-state index is 13.5. The lowest BCUT2D eigenvalue weighted by Crippen LogP contribution is -2.25. The summed E-state index contributed by atoms with van der Waals surface area (Å²) in [4.78, 5) is 18.3. The minimum Gasteiger partial charge on any atom is -0.493 e. The standard InChI is InChI=1S/C23H17F4N3O3S/c1-32-19-9-13(10-20-21(31)29-22(34-20)30-7-6-15(24)12-30)2-5-18(19)33-17-4-3-14(11-28)8-16(17)23(25,26)27/h2-5,8-10,15H,6-7,12H2,1H3. The molecule has 176 valence electrons. The molecule has 0 spiro atoms. The van der Waals surface area contributed by atoms with Gasteiger partial charge in [-0.1, -0.05) is 6.07 Å². The summed E-state index contributed by atoms with van der Waals surface area (Å²) >= 11 is 1.14. The van der Waals surface area contributed by atoms with Crippen molar-refractivity contribution in [1.82, 2.24) is 4.90 Å². The van der Waals surface area contributed by atoms with Crippen molar-refractivity contribution in [2.24, 2.45) is 4.99 Å². The molecule has 1 atom stereocenters. The number of methoxy groups -OCH3 is 1. The molecule has 0 aliphatic carbocycles. The van der Waals surface area contributed by atoms with Gasteiger partial charge in [-0.05, 0) is 60.2 Å². The second-order valence-corrected chi connectivity index (χ2v) is 8.48. The van der Waals surface area contributed by atoms with Crippen LogP contribution in [0.3, 0.4) is 0 Å². The first-order valence-corrected chi connectivity index (χ1v) is 10.9. The molecule has 1 fully saturated rings. The highest BCUT2D eigenvalue weighted by Gasteiger charge is 2.35. The fourth-order valence-corrected chi connectivity index (χ4v) is 4.41. The van der Waals surface area contributed by atoms with E-state index < -0.39 is 29.6 Å². The molecule has 0 N–H and O–H groups in total. The minimum absolute atomic E-state index is 0.0215. The van der Waals surface area contributed by atoms with E-state index in [0.717, 1.165) is 17.8 Å². The first-order valence-electron chi connectivity index (χ1n) is 10.1. The Bertz CT molecular complexity index is 1240.